The molecule has 4 amide bonds. The first-order valence-corrected chi connectivity index (χ1v) is 21.8. The molecular formula is C40H50ClF4N5O9S. The van der Waals surface area contributed by atoms with E-state index in [1.54, 1.807) is 31.2 Å². The summed E-state index contributed by atoms with van der Waals surface area (Å²) in [6.45, 7) is 4.63. The molecule has 14 nitrogen and oxygen atoms in total. The lowest BCUT2D eigenvalue weighted by atomic mass is 9.84. The molecular weight excluding hydrogens is 838 g/mol. The van der Waals surface area contributed by atoms with Crippen LogP contribution in [-0.2, 0) is 24.4 Å². The number of pyridine rings is 1. The highest BCUT2D eigenvalue weighted by molar-refractivity contribution is 7.91. The molecule has 2 saturated carbocycles. The first-order chi connectivity index (χ1) is 28.0. The zero-order valence-corrected chi connectivity index (χ0v) is 35.4. The van der Waals surface area contributed by atoms with Gasteiger partial charge in [-0.3, -0.25) is 24.0 Å². The van der Waals surface area contributed by atoms with Crippen LogP contribution in [0, 0.1) is 17.8 Å². The van der Waals surface area contributed by atoms with Gasteiger partial charge in [0.2, 0.25) is 33.6 Å². The summed E-state index contributed by atoms with van der Waals surface area (Å²) in [4.78, 5) is 62.4. The van der Waals surface area contributed by atoms with Crippen molar-refractivity contribution in [2.24, 2.45) is 17.8 Å². The Morgan fingerprint density at radius 3 is 2.47 bits per heavy atom. The molecule has 0 spiro atoms. The molecule has 1 saturated heterocycles. The fourth-order valence-corrected chi connectivity index (χ4v) is 9.81. The van der Waals surface area contributed by atoms with Crippen LogP contribution in [0.1, 0.15) is 79.6 Å². The number of alkyl halides is 4. The quantitative estimate of drug-likeness (QED) is 0.175. The number of sulfonamides is 1. The Hall–Kier alpha value is -4.39. The van der Waals surface area contributed by atoms with Crippen molar-refractivity contribution in [1.82, 2.24) is 24.8 Å². The molecule has 1 aromatic carbocycles. The minimum atomic E-state index is -4.05. The maximum absolute atomic E-state index is 15.4. The molecule has 3 heterocycles. The maximum Gasteiger partial charge on any atom is 0.408 e. The molecule has 3 N–H and O–H groups in total. The Morgan fingerprint density at radius 2 is 1.83 bits per heavy atom. The van der Waals surface area contributed by atoms with E-state index in [9.17, 15) is 36.7 Å². The van der Waals surface area contributed by atoms with Crippen molar-refractivity contribution in [3.05, 3.63) is 41.4 Å². The average Bonchev–Trinajstić information content (AvgIpc) is 4.07. The average molecular weight is 888 g/mol. The zero-order valence-electron chi connectivity index (χ0n) is 33.8. The van der Waals surface area contributed by atoms with Crippen LogP contribution in [0.4, 0.5) is 22.4 Å². The number of rotatable bonds is 11. The summed E-state index contributed by atoms with van der Waals surface area (Å²) in [6, 6.07) is 2.79. The van der Waals surface area contributed by atoms with Crippen LogP contribution < -0.4 is 19.5 Å². The summed E-state index contributed by atoms with van der Waals surface area (Å²) in [5.74, 6) is -8.56. The van der Waals surface area contributed by atoms with E-state index in [0.717, 1.165) is 18.7 Å². The first-order valence-electron chi connectivity index (χ1n) is 19.9. The highest BCUT2D eigenvalue weighted by Crippen LogP contribution is 2.47. The topological polar surface area (TPSA) is 185 Å². The molecule has 330 valence electrons. The van der Waals surface area contributed by atoms with Crippen molar-refractivity contribution in [3.63, 3.8) is 0 Å². The number of nitrogens with zero attached hydrogens (tertiary/aromatic N) is 3. The molecule has 6 rings (SSSR count). The number of hydrogen-bond acceptors (Lipinski definition) is 9. The highest BCUT2D eigenvalue weighted by Gasteiger charge is 2.62. The lowest BCUT2D eigenvalue weighted by Crippen LogP contribution is -2.66. The number of carbonyl (C=O) groups is 4. The molecule has 60 heavy (non-hydrogen) atoms. The fraction of sp³-hybridized carbons (Fsp3) is 0.625. The van der Waals surface area contributed by atoms with Crippen molar-refractivity contribution >= 4 is 56.2 Å². The summed E-state index contributed by atoms with van der Waals surface area (Å²) in [5.41, 5.74) is -4.17. The van der Waals surface area contributed by atoms with Gasteiger partial charge in [0.05, 0.1) is 11.8 Å². The van der Waals surface area contributed by atoms with Gasteiger partial charge in [0.25, 0.3) is 18.3 Å². The van der Waals surface area contributed by atoms with Gasteiger partial charge in [0.15, 0.2) is 6.61 Å². The van der Waals surface area contributed by atoms with Gasteiger partial charge in [-0.25, -0.2) is 30.8 Å². The number of amides is 4. The first kappa shape index (κ1) is 45.1. The smallest absolute Gasteiger partial charge is 0.408 e. The number of aromatic nitrogens is 1. The van der Waals surface area contributed by atoms with E-state index >= 15 is 13.6 Å². The second-order valence-corrected chi connectivity index (χ2v) is 19.5. The third-order valence-electron chi connectivity index (χ3n) is 12.1. The van der Waals surface area contributed by atoms with Crippen LogP contribution in [0.15, 0.2) is 36.4 Å². The van der Waals surface area contributed by atoms with Gasteiger partial charge >= 0.3 is 6.09 Å². The molecule has 20 heteroatoms. The van der Waals surface area contributed by atoms with Crippen LogP contribution in [0.3, 0.4) is 0 Å². The number of nitrogens with one attached hydrogen (secondary N) is 2. The molecule has 7 atom stereocenters. The summed E-state index contributed by atoms with van der Waals surface area (Å²) < 4.78 is 96.5. The molecule has 0 radical (unpaired) electrons. The number of fused-ring (bicyclic) bond motifs is 3. The van der Waals surface area contributed by atoms with E-state index in [2.05, 4.69) is 15.0 Å². The number of hydrogen-bond donors (Lipinski definition) is 3. The van der Waals surface area contributed by atoms with Crippen molar-refractivity contribution in [3.8, 4) is 11.8 Å². The largest absolute Gasteiger partial charge is 0.472 e. The standard InChI is InChI=1S/C40H50ClF4N5O9S/c1-21-9-6-7-10-23-18-40(23,36(53)48-60(56,57)25-13-14-25)47-33(51)29-16-24(59-34-26-11-8-12-28(41)27(26)17-31(46-34)58-20-30(42)43)19-49(29)35(52)32(22(2)15-21)50(37(54)55)38(3,4)39(5,44)45/h7-8,10-12,17,21-25,29-30,32H,6,9,13-16,18-20H2,1-5H3,(H,47,51)(H,48,53)(H,54,55)/b10-7-/t21-,22+,23+,24+,29-,32-,40+/m0/s1. The Kier molecular flexibility index (Phi) is 12.7. The normalized spacial score (nSPS) is 28.5. The number of ether oxygens (including phenoxy) is 2. The Balaban J connectivity index is 1.44. The van der Waals surface area contributed by atoms with Crippen LogP contribution >= 0.6 is 11.6 Å². The van der Waals surface area contributed by atoms with Gasteiger partial charge in [-0.15, -0.1) is 0 Å². The Labute approximate surface area is 350 Å². The van der Waals surface area contributed by atoms with Gasteiger partial charge in [0.1, 0.15) is 29.3 Å². The SMILES string of the molecule is C[C@H]1CC/C=C\[C@@H]2C[C@@]2(C(=O)NS(=O)(=O)C2CC2)NC(=O)[C@@H]2C[C@@H](Oc3nc(OCC(F)F)cc4c(Cl)cccc34)CN2C(=O)[C@@H](N(C(=O)O)C(C)(C)C(C)(F)F)[C@H](C)C1. The van der Waals surface area contributed by atoms with Crippen LogP contribution in [0.25, 0.3) is 10.8 Å². The van der Waals surface area contributed by atoms with E-state index in [4.69, 9.17) is 21.1 Å². The van der Waals surface area contributed by atoms with Crippen molar-refractivity contribution in [1.29, 1.82) is 0 Å². The number of carboxylic acid groups (broad SMARTS) is 1. The summed E-state index contributed by atoms with van der Waals surface area (Å²) in [6.07, 6.45) is -0.518. The predicted octanol–water partition coefficient (Wildman–Crippen LogP) is 6.16. The highest BCUT2D eigenvalue weighted by atomic mass is 35.5. The third-order valence-corrected chi connectivity index (χ3v) is 14.3. The number of benzene rings is 1. The van der Waals surface area contributed by atoms with Gasteiger partial charge in [-0.05, 0) is 76.3 Å². The van der Waals surface area contributed by atoms with Crippen LogP contribution in [-0.4, -0.2) is 112 Å². The minimum Gasteiger partial charge on any atom is -0.472 e. The lowest BCUT2D eigenvalue weighted by molar-refractivity contribution is -0.156. The van der Waals surface area contributed by atoms with E-state index in [1.807, 2.05) is 13.0 Å². The summed E-state index contributed by atoms with van der Waals surface area (Å²) >= 11 is 6.45. The molecule has 2 aromatic rings. The maximum atomic E-state index is 15.4. The molecule has 1 aromatic heterocycles. The Bertz CT molecular complexity index is 2150. The van der Waals surface area contributed by atoms with Crippen LogP contribution in [0.2, 0.25) is 5.02 Å². The van der Waals surface area contributed by atoms with Gasteiger partial charge in [0, 0.05) is 41.1 Å². The third kappa shape index (κ3) is 9.26. The molecule has 2 aliphatic carbocycles. The van der Waals surface area contributed by atoms with E-state index in [1.165, 1.54) is 6.07 Å². The zero-order chi connectivity index (χ0) is 44.1. The van der Waals surface area contributed by atoms with Crippen LogP contribution in [0.5, 0.6) is 11.8 Å². The van der Waals surface area contributed by atoms with E-state index < -0.39 is 106 Å². The number of allylic oxidation sites excluding steroid dienone is 1. The molecule has 0 unspecified atom stereocenters. The minimum absolute atomic E-state index is 0.0334. The van der Waals surface area contributed by atoms with Gasteiger partial charge in [-0.2, -0.15) is 4.98 Å². The molecule has 3 fully saturated rings. The van der Waals surface area contributed by atoms with Gasteiger partial charge < -0.3 is 24.8 Å². The van der Waals surface area contributed by atoms with E-state index in [0.29, 0.717) is 48.3 Å². The second kappa shape index (κ2) is 16.8. The van der Waals surface area contributed by atoms with Crippen molar-refractivity contribution in [2.75, 3.05) is 13.2 Å². The molecule has 0 bridgehead atoms. The summed E-state index contributed by atoms with van der Waals surface area (Å²) in [7, 11) is -4.05. The monoisotopic (exact) mass is 887 g/mol. The van der Waals surface area contributed by atoms with E-state index in [-0.39, 0.29) is 42.0 Å². The Morgan fingerprint density at radius 1 is 1.13 bits per heavy atom. The van der Waals surface area contributed by atoms with Crippen molar-refractivity contribution in [2.45, 2.75) is 126 Å². The predicted molar refractivity (Wildman–Crippen MR) is 212 cm³/mol. The fourth-order valence-electron chi connectivity index (χ4n) is 8.22. The lowest BCUT2D eigenvalue weighted by Gasteiger charge is -2.47. The molecule has 2 aliphatic heterocycles. The van der Waals surface area contributed by atoms with Gasteiger partial charge in [-0.1, -0.05) is 43.7 Å². The number of carbonyl (C=O) groups excluding carboxylic acids is 3. The summed E-state index contributed by atoms with van der Waals surface area (Å²) in [5, 5.41) is 13.4. The molecule has 4 aliphatic rings. The number of halogens is 5. The second-order valence-electron chi connectivity index (χ2n) is 17.1. The van der Waals surface area contributed by atoms with Crippen molar-refractivity contribution < 1.29 is 59.7 Å².